The molecule has 0 saturated carbocycles. The predicted molar refractivity (Wildman–Crippen MR) is 77.9 cm³/mol. The molecule has 1 aromatic carbocycles. The molecule has 3 rings (SSSR count). The van der Waals surface area contributed by atoms with E-state index in [-0.39, 0.29) is 0 Å². The third kappa shape index (κ3) is 3.17. The molecule has 2 aliphatic rings. The second kappa shape index (κ2) is 5.92. The van der Waals surface area contributed by atoms with Crippen LogP contribution in [0.5, 0.6) is 0 Å². The summed E-state index contributed by atoms with van der Waals surface area (Å²) in [5, 5.41) is 16.4. The number of nitrogens with zero attached hydrogens (tertiary/aromatic N) is 6. The van der Waals surface area contributed by atoms with Crippen LogP contribution in [0.25, 0.3) is 0 Å². The summed E-state index contributed by atoms with van der Waals surface area (Å²) in [4.78, 5) is 8.13. The predicted octanol–water partition coefficient (Wildman–Crippen LogP) is 4.49. The van der Waals surface area contributed by atoms with Crippen LogP contribution >= 0.6 is 0 Å². The van der Waals surface area contributed by atoms with Crippen molar-refractivity contribution in [1.29, 1.82) is 0 Å². The molecule has 0 aromatic heterocycles. The fourth-order valence-electron chi connectivity index (χ4n) is 1.65. The maximum absolute atomic E-state index is 4.12. The largest absolute Gasteiger partial charge is 0.239 e. The zero-order chi connectivity index (χ0) is 13.6. The highest BCUT2D eigenvalue weighted by molar-refractivity contribution is 5.86. The first-order valence-corrected chi connectivity index (χ1v) is 6.27. The van der Waals surface area contributed by atoms with Gasteiger partial charge in [0.05, 0.1) is 11.4 Å². The Kier molecular flexibility index (Phi) is 3.64. The Balaban J connectivity index is 1.62. The van der Waals surface area contributed by atoms with Crippen molar-refractivity contribution in [2.24, 2.45) is 30.4 Å². The average Bonchev–Trinajstić information content (AvgIpc) is 3.17. The van der Waals surface area contributed by atoms with Gasteiger partial charge in [-0.3, -0.25) is 0 Å². The molecule has 0 N–H and O–H groups in total. The monoisotopic (exact) mass is 264 g/mol. The van der Waals surface area contributed by atoms with E-state index in [0.29, 0.717) is 0 Å². The number of aliphatic imine (C=N–C) groups is 2. The van der Waals surface area contributed by atoms with Gasteiger partial charge in [-0.1, -0.05) is 12.2 Å². The molecule has 6 heteroatoms. The zero-order valence-corrected chi connectivity index (χ0v) is 10.7. The highest BCUT2D eigenvalue weighted by Crippen LogP contribution is 2.20. The molecule has 1 aromatic rings. The van der Waals surface area contributed by atoms with Crippen molar-refractivity contribution in [1.82, 2.24) is 0 Å². The molecular weight excluding hydrogens is 252 g/mol. The first kappa shape index (κ1) is 12.3. The minimum absolute atomic E-state index is 0.723. The van der Waals surface area contributed by atoms with E-state index < -0.39 is 0 Å². The van der Waals surface area contributed by atoms with Crippen LogP contribution in [-0.2, 0) is 0 Å². The van der Waals surface area contributed by atoms with Gasteiger partial charge in [0, 0.05) is 25.2 Å². The van der Waals surface area contributed by atoms with E-state index >= 15 is 0 Å². The van der Waals surface area contributed by atoms with Gasteiger partial charge < -0.3 is 0 Å². The number of hydrogen-bond donors (Lipinski definition) is 0. The summed E-state index contributed by atoms with van der Waals surface area (Å²) in [6.45, 7) is 0. The van der Waals surface area contributed by atoms with Crippen LogP contribution in [0.1, 0.15) is 12.8 Å². The molecule has 2 heterocycles. The number of benzene rings is 1. The summed E-state index contributed by atoms with van der Waals surface area (Å²) >= 11 is 0. The summed E-state index contributed by atoms with van der Waals surface area (Å²) in [5.41, 5.74) is 1.52. The van der Waals surface area contributed by atoms with Crippen molar-refractivity contribution in [3.05, 3.63) is 48.8 Å². The van der Waals surface area contributed by atoms with Gasteiger partial charge in [-0.2, -0.15) is 0 Å². The van der Waals surface area contributed by atoms with Gasteiger partial charge in [-0.25, -0.2) is 9.98 Å². The third-order valence-electron chi connectivity index (χ3n) is 2.67. The normalized spacial score (nSPS) is 17.4. The van der Waals surface area contributed by atoms with Crippen molar-refractivity contribution >= 4 is 23.0 Å². The van der Waals surface area contributed by atoms with Gasteiger partial charge >= 0.3 is 0 Å². The van der Waals surface area contributed by atoms with E-state index in [2.05, 4.69) is 30.4 Å². The second-order valence-electron chi connectivity index (χ2n) is 4.18. The fourth-order valence-corrected chi connectivity index (χ4v) is 1.65. The Hall–Kier alpha value is -2.76. The number of amidine groups is 2. The lowest BCUT2D eigenvalue weighted by Gasteiger charge is -1.94. The molecule has 0 saturated heterocycles. The average molecular weight is 264 g/mol. The highest BCUT2D eigenvalue weighted by Gasteiger charge is 2.00. The summed E-state index contributed by atoms with van der Waals surface area (Å²) in [6, 6.07) is 7.37. The molecular formula is C14H12N6. The topological polar surface area (TPSA) is 74.2 Å². The molecule has 0 atom stereocenters. The van der Waals surface area contributed by atoms with Gasteiger partial charge in [-0.05, 0) is 24.3 Å². The number of hydrogen-bond acceptors (Lipinski definition) is 6. The Bertz CT molecular complexity index is 602. The van der Waals surface area contributed by atoms with Crippen molar-refractivity contribution in [3.63, 3.8) is 0 Å². The summed E-state index contributed by atoms with van der Waals surface area (Å²) in [5.74, 6) is 1.45. The van der Waals surface area contributed by atoms with Crippen LogP contribution in [0.3, 0.4) is 0 Å². The van der Waals surface area contributed by atoms with Gasteiger partial charge in [0.1, 0.15) is 0 Å². The lowest BCUT2D eigenvalue weighted by atomic mass is 10.3. The Morgan fingerprint density at radius 3 is 1.45 bits per heavy atom. The Labute approximate surface area is 116 Å². The van der Waals surface area contributed by atoms with Gasteiger partial charge in [0.2, 0.25) is 0 Å². The molecule has 0 fully saturated rings. The smallest absolute Gasteiger partial charge is 0.154 e. The summed E-state index contributed by atoms with van der Waals surface area (Å²) < 4.78 is 0. The van der Waals surface area contributed by atoms with Crippen LogP contribution in [0, 0.1) is 0 Å². The first-order chi connectivity index (χ1) is 9.90. The standard InChI is InChI=1S/C14H12N6/c1-3-13(15-9-1)19-17-11-5-7-12(8-6-11)18-20-14-4-2-10-16-14/h1-2,5-10H,3-4H2. The van der Waals surface area contributed by atoms with Crippen molar-refractivity contribution in [3.8, 4) is 0 Å². The molecule has 98 valence electrons. The van der Waals surface area contributed by atoms with E-state index in [1.165, 1.54) is 0 Å². The summed E-state index contributed by atoms with van der Waals surface area (Å²) in [6.07, 6.45) is 8.84. The van der Waals surface area contributed by atoms with Crippen molar-refractivity contribution in [2.75, 3.05) is 0 Å². The third-order valence-corrected chi connectivity index (χ3v) is 2.67. The fraction of sp³-hybridized carbons (Fsp3) is 0.143. The Morgan fingerprint density at radius 1 is 0.650 bits per heavy atom. The summed E-state index contributed by atoms with van der Waals surface area (Å²) in [7, 11) is 0. The van der Waals surface area contributed by atoms with E-state index in [1.54, 1.807) is 12.4 Å². The van der Waals surface area contributed by atoms with Crippen LogP contribution in [0.4, 0.5) is 11.4 Å². The van der Waals surface area contributed by atoms with Crippen LogP contribution < -0.4 is 0 Å². The van der Waals surface area contributed by atoms with E-state index in [0.717, 1.165) is 35.9 Å². The number of rotatable bonds is 2. The zero-order valence-electron chi connectivity index (χ0n) is 10.7. The minimum Gasteiger partial charge on any atom is -0.239 e. The van der Waals surface area contributed by atoms with E-state index in [1.807, 2.05) is 36.4 Å². The minimum atomic E-state index is 0.723. The van der Waals surface area contributed by atoms with Gasteiger partial charge in [0.15, 0.2) is 11.7 Å². The molecule has 0 unspecified atom stereocenters. The second-order valence-corrected chi connectivity index (χ2v) is 4.18. The lowest BCUT2D eigenvalue weighted by molar-refractivity contribution is 1.22. The molecule has 0 bridgehead atoms. The molecule has 6 nitrogen and oxygen atoms in total. The van der Waals surface area contributed by atoms with Crippen LogP contribution in [0.2, 0.25) is 0 Å². The molecule has 0 amide bonds. The molecule has 0 spiro atoms. The number of azo groups is 2. The maximum Gasteiger partial charge on any atom is 0.154 e. The molecule has 20 heavy (non-hydrogen) atoms. The van der Waals surface area contributed by atoms with Gasteiger partial charge in [0.25, 0.3) is 0 Å². The van der Waals surface area contributed by atoms with Crippen molar-refractivity contribution < 1.29 is 0 Å². The van der Waals surface area contributed by atoms with Crippen molar-refractivity contribution in [2.45, 2.75) is 12.8 Å². The quantitative estimate of drug-likeness (QED) is 0.706. The Morgan fingerprint density at radius 2 is 1.10 bits per heavy atom. The lowest BCUT2D eigenvalue weighted by Crippen LogP contribution is -1.84. The maximum atomic E-state index is 4.12. The first-order valence-electron chi connectivity index (χ1n) is 6.27. The highest BCUT2D eigenvalue weighted by atomic mass is 15.2. The molecule has 2 aliphatic heterocycles. The van der Waals surface area contributed by atoms with Crippen LogP contribution in [0.15, 0.2) is 79.3 Å². The van der Waals surface area contributed by atoms with E-state index in [9.17, 15) is 0 Å². The molecule has 0 radical (unpaired) electrons. The molecule has 0 aliphatic carbocycles. The van der Waals surface area contributed by atoms with E-state index in [4.69, 9.17) is 0 Å². The van der Waals surface area contributed by atoms with Gasteiger partial charge in [-0.15, -0.1) is 20.5 Å². The SMILES string of the molecule is C1=CN=C(N=Nc2ccc(N=NC3=NC=CC3)cc2)C1. The van der Waals surface area contributed by atoms with Crippen LogP contribution in [-0.4, -0.2) is 11.7 Å².